The maximum Gasteiger partial charge on any atom is 1.00 e. The molecule has 0 N–H and O–H groups in total. The van der Waals surface area contributed by atoms with Crippen molar-refractivity contribution in [1.82, 2.24) is 0 Å². The fourth-order valence-corrected chi connectivity index (χ4v) is 2.05. The molecule has 2 aromatic rings. The van der Waals surface area contributed by atoms with Crippen LogP contribution < -0.4 is 34.5 Å². The monoisotopic (exact) mass is 281 g/mol. The minimum atomic E-state index is 0. The number of aryl methyl sites for hydroxylation is 1. The van der Waals surface area contributed by atoms with E-state index >= 15 is 0 Å². The largest absolute Gasteiger partial charge is 1.00 e. The molecule has 0 amide bonds. The quantitative estimate of drug-likeness (QED) is 0.459. The van der Waals surface area contributed by atoms with Gasteiger partial charge in [-0.25, -0.2) is 0 Å². The Kier molecular flexibility index (Phi) is 6.26. The van der Waals surface area contributed by atoms with E-state index in [1.807, 2.05) is 47.4 Å². The first kappa shape index (κ1) is 15.6. The van der Waals surface area contributed by atoms with E-state index in [1.165, 1.54) is 5.56 Å². The second-order valence-electron chi connectivity index (χ2n) is 3.77. The van der Waals surface area contributed by atoms with E-state index in [0.717, 1.165) is 11.4 Å². The molecule has 0 aliphatic carbocycles. The third-order valence-electron chi connectivity index (χ3n) is 2.49. The van der Waals surface area contributed by atoms with Gasteiger partial charge in [0.2, 0.25) is 0 Å². The molecule has 0 aliphatic heterocycles. The van der Waals surface area contributed by atoms with Gasteiger partial charge >= 0.3 is 29.6 Å². The molecular weight excluding hydrogens is 269 g/mol. The minimum absolute atomic E-state index is 0. The summed E-state index contributed by atoms with van der Waals surface area (Å²) in [4.78, 5) is 1.89. The molecule has 0 saturated carbocycles. The molecule has 0 aromatic heterocycles. The standard InChI is InChI=1S/C14H13NS2.Na/c1-11-7-9-13(10-8-11)15(14(16)17)12-5-3-2-4-6-12;/h2-10H,1H3,(H,16,17);/q;+1/p-1. The summed E-state index contributed by atoms with van der Waals surface area (Å²) < 4.78 is 0.431. The summed E-state index contributed by atoms with van der Waals surface area (Å²) in [7, 11) is 0. The van der Waals surface area contributed by atoms with Crippen LogP contribution in [-0.2, 0) is 12.6 Å². The van der Waals surface area contributed by atoms with Crippen LogP contribution in [0.15, 0.2) is 54.6 Å². The average molecular weight is 281 g/mol. The van der Waals surface area contributed by atoms with E-state index in [9.17, 15) is 0 Å². The van der Waals surface area contributed by atoms with Gasteiger partial charge in [0, 0.05) is 11.4 Å². The molecule has 0 aliphatic rings. The van der Waals surface area contributed by atoms with Crippen LogP contribution in [0, 0.1) is 6.92 Å². The third-order valence-corrected chi connectivity index (χ3v) is 2.85. The fraction of sp³-hybridized carbons (Fsp3) is 0.0714. The number of hydrogen-bond donors (Lipinski definition) is 0. The fourth-order valence-electron chi connectivity index (χ4n) is 1.63. The molecule has 0 fully saturated rings. The molecule has 0 radical (unpaired) electrons. The van der Waals surface area contributed by atoms with Gasteiger partial charge in [-0.15, -0.1) is 0 Å². The number of benzene rings is 2. The van der Waals surface area contributed by atoms with E-state index in [1.54, 1.807) is 0 Å². The Morgan fingerprint density at radius 1 is 0.944 bits per heavy atom. The smallest absolute Gasteiger partial charge is 0.411 e. The number of nitrogens with zero attached hydrogens (tertiary/aromatic N) is 1. The van der Waals surface area contributed by atoms with Gasteiger partial charge in [-0.05, 0) is 31.2 Å². The zero-order valence-corrected chi connectivity index (χ0v) is 14.1. The average Bonchev–Trinajstić information content (AvgIpc) is 2.33. The molecule has 1 nitrogen and oxygen atoms in total. The second-order valence-corrected chi connectivity index (χ2v) is 4.80. The van der Waals surface area contributed by atoms with Crippen molar-refractivity contribution in [3.05, 3.63) is 60.2 Å². The van der Waals surface area contributed by atoms with E-state index in [-0.39, 0.29) is 29.6 Å². The molecule has 0 saturated heterocycles. The zero-order chi connectivity index (χ0) is 12.3. The number of hydrogen-bond acceptors (Lipinski definition) is 2. The second kappa shape index (κ2) is 7.22. The summed E-state index contributed by atoms with van der Waals surface area (Å²) in [6, 6.07) is 18.1. The van der Waals surface area contributed by atoms with Gasteiger partial charge in [-0.3, -0.25) is 0 Å². The number of thiocarbonyl (C=S) groups is 1. The summed E-state index contributed by atoms with van der Waals surface area (Å²) in [5, 5.41) is 0. The molecule has 2 aromatic carbocycles. The molecular formula is C14H12NNaS2. The van der Waals surface area contributed by atoms with Gasteiger partial charge in [0.05, 0.1) is 0 Å². The van der Waals surface area contributed by atoms with Crippen molar-refractivity contribution < 1.29 is 29.6 Å². The first-order valence-electron chi connectivity index (χ1n) is 5.31. The molecule has 0 spiro atoms. The van der Waals surface area contributed by atoms with Crippen molar-refractivity contribution in [2.24, 2.45) is 0 Å². The van der Waals surface area contributed by atoms with Crippen molar-refractivity contribution >= 4 is 40.5 Å². The molecule has 86 valence electrons. The molecule has 0 atom stereocenters. The predicted octanol–water partition coefficient (Wildman–Crippen LogP) is 0.969. The van der Waals surface area contributed by atoms with Crippen LogP contribution in [-0.4, -0.2) is 4.32 Å². The number of para-hydroxylation sites is 1. The van der Waals surface area contributed by atoms with Crippen LogP contribution in [0.1, 0.15) is 5.56 Å². The first-order chi connectivity index (χ1) is 8.18. The van der Waals surface area contributed by atoms with Crippen molar-refractivity contribution in [2.75, 3.05) is 4.90 Å². The Bertz CT molecular complexity index is 511. The maximum absolute atomic E-state index is 5.15. The van der Waals surface area contributed by atoms with Gasteiger partial charge in [0.1, 0.15) is 0 Å². The van der Waals surface area contributed by atoms with Gasteiger partial charge in [-0.1, -0.05) is 40.2 Å². The summed E-state index contributed by atoms with van der Waals surface area (Å²) in [6.45, 7) is 2.06. The molecule has 18 heavy (non-hydrogen) atoms. The Balaban J connectivity index is 0.00000162. The van der Waals surface area contributed by atoms with Gasteiger partial charge in [-0.2, -0.15) is 0 Å². The van der Waals surface area contributed by atoms with Crippen LogP contribution in [0.2, 0.25) is 0 Å². The zero-order valence-electron chi connectivity index (χ0n) is 10.5. The third kappa shape index (κ3) is 3.77. The number of rotatable bonds is 2. The summed E-state index contributed by atoms with van der Waals surface area (Å²) in [5.74, 6) is 0. The van der Waals surface area contributed by atoms with Crippen molar-refractivity contribution in [2.45, 2.75) is 6.92 Å². The van der Waals surface area contributed by atoms with Crippen LogP contribution >= 0.6 is 12.2 Å². The van der Waals surface area contributed by atoms with Crippen LogP contribution in [0.4, 0.5) is 11.4 Å². The molecule has 0 unspecified atom stereocenters. The normalized spacial score (nSPS) is 9.39. The number of anilines is 2. The van der Waals surface area contributed by atoms with E-state index in [2.05, 4.69) is 19.1 Å². The summed E-state index contributed by atoms with van der Waals surface area (Å²) in [5.41, 5.74) is 3.22. The Labute approximate surface area is 141 Å². The molecule has 0 bridgehead atoms. The summed E-state index contributed by atoms with van der Waals surface area (Å²) >= 11 is 10.3. The topological polar surface area (TPSA) is 3.24 Å². The van der Waals surface area contributed by atoms with E-state index in [0.29, 0.717) is 4.32 Å². The van der Waals surface area contributed by atoms with E-state index < -0.39 is 0 Å². The Morgan fingerprint density at radius 3 is 1.94 bits per heavy atom. The van der Waals surface area contributed by atoms with Gasteiger partial charge < -0.3 is 29.7 Å². The minimum Gasteiger partial charge on any atom is -0.411 e. The van der Waals surface area contributed by atoms with Crippen molar-refractivity contribution in [3.8, 4) is 0 Å². The van der Waals surface area contributed by atoms with E-state index in [4.69, 9.17) is 24.8 Å². The molecule has 4 heteroatoms. The Hall–Kier alpha value is -0.450. The first-order valence-corrected chi connectivity index (χ1v) is 6.13. The molecule has 0 heterocycles. The van der Waals surface area contributed by atoms with Crippen LogP contribution in [0.3, 0.4) is 0 Å². The van der Waals surface area contributed by atoms with Crippen LogP contribution in [0.25, 0.3) is 0 Å². The Morgan fingerprint density at radius 2 is 1.44 bits per heavy atom. The SMILES string of the molecule is Cc1ccc(N(C(=S)[S-])c2ccccc2)cc1.[Na+]. The summed E-state index contributed by atoms with van der Waals surface area (Å²) in [6.07, 6.45) is 0. The maximum atomic E-state index is 5.15. The van der Waals surface area contributed by atoms with Gasteiger partial charge in [0.15, 0.2) is 0 Å². The van der Waals surface area contributed by atoms with Crippen LogP contribution in [0.5, 0.6) is 0 Å². The predicted molar refractivity (Wildman–Crippen MR) is 79.7 cm³/mol. The van der Waals surface area contributed by atoms with Crippen molar-refractivity contribution in [1.29, 1.82) is 0 Å². The van der Waals surface area contributed by atoms with Crippen molar-refractivity contribution in [3.63, 3.8) is 0 Å². The van der Waals surface area contributed by atoms with Gasteiger partial charge in [0.25, 0.3) is 0 Å². The molecule has 2 rings (SSSR count).